The number of nitrogens with zero attached hydrogens (tertiary/aromatic N) is 4. The lowest BCUT2D eigenvalue weighted by molar-refractivity contribution is 0.194. The number of methoxy groups -OCH3 is 1. The number of aromatic nitrogens is 3. The summed E-state index contributed by atoms with van der Waals surface area (Å²) in [4.78, 5) is 11.7. The summed E-state index contributed by atoms with van der Waals surface area (Å²) >= 11 is 0. The van der Waals surface area contributed by atoms with E-state index in [1.54, 1.807) is 7.11 Å². The van der Waals surface area contributed by atoms with Crippen LogP contribution < -0.4 is 0 Å². The third-order valence-electron chi connectivity index (χ3n) is 4.00. The van der Waals surface area contributed by atoms with Gasteiger partial charge in [0.1, 0.15) is 11.3 Å². The van der Waals surface area contributed by atoms with E-state index in [1.807, 2.05) is 12.3 Å². The maximum Gasteiger partial charge on any atom is 0.160 e. The average molecular weight is 274 g/mol. The van der Waals surface area contributed by atoms with Crippen molar-refractivity contribution in [1.82, 2.24) is 19.4 Å². The predicted octanol–water partition coefficient (Wildman–Crippen LogP) is 1.89. The second kappa shape index (κ2) is 5.89. The van der Waals surface area contributed by atoms with Crippen molar-refractivity contribution in [2.45, 2.75) is 25.3 Å². The van der Waals surface area contributed by atoms with Crippen LogP contribution in [0.5, 0.6) is 0 Å². The van der Waals surface area contributed by atoms with Crippen LogP contribution in [0, 0.1) is 0 Å². The fourth-order valence-corrected chi connectivity index (χ4v) is 3.03. The maximum absolute atomic E-state index is 5.16. The van der Waals surface area contributed by atoms with Crippen LogP contribution in [0.2, 0.25) is 0 Å². The Balaban J connectivity index is 1.95. The molecule has 20 heavy (non-hydrogen) atoms. The molecule has 1 fully saturated rings. The Morgan fingerprint density at radius 2 is 2.35 bits per heavy atom. The second-order valence-corrected chi connectivity index (χ2v) is 5.55. The molecule has 0 bridgehead atoms. The summed E-state index contributed by atoms with van der Waals surface area (Å²) in [7, 11) is 3.92. The third kappa shape index (κ3) is 2.55. The Labute approximate surface area is 119 Å². The molecule has 3 rings (SSSR count). The average Bonchev–Trinajstić information content (AvgIpc) is 3.02. The largest absolute Gasteiger partial charge is 0.385 e. The zero-order valence-electron chi connectivity index (χ0n) is 12.2. The summed E-state index contributed by atoms with van der Waals surface area (Å²) in [5.74, 6) is 1.15. The van der Waals surface area contributed by atoms with E-state index in [2.05, 4.69) is 27.6 Å². The minimum atomic E-state index is 0.498. The standard InChI is InChI=1S/C15H22N4O/c1-18-9-7-12(11-18)19-14(6-4-10-20-2)17-13-5-3-8-16-15(13)19/h3,5,8,12H,4,6-7,9-11H2,1-2H3. The fraction of sp³-hybridized carbons (Fsp3) is 0.600. The van der Waals surface area contributed by atoms with E-state index in [9.17, 15) is 0 Å². The highest BCUT2D eigenvalue weighted by Gasteiger charge is 2.25. The van der Waals surface area contributed by atoms with E-state index >= 15 is 0 Å². The van der Waals surface area contributed by atoms with Crippen molar-refractivity contribution >= 4 is 11.2 Å². The molecule has 1 saturated heterocycles. The van der Waals surface area contributed by atoms with Gasteiger partial charge in [-0.05, 0) is 38.6 Å². The number of ether oxygens (including phenoxy) is 1. The molecule has 1 atom stereocenters. The van der Waals surface area contributed by atoms with E-state index in [0.717, 1.165) is 49.5 Å². The highest BCUT2D eigenvalue weighted by atomic mass is 16.5. The molecule has 0 amide bonds. The topological polar surface area (TPSA) is 43.2 Å². The number of imidazole rings is 1. The van der Waals surface area contributed by atoms with Crippen molar-refractivity contribution < 1.29 is 4.74 Å². The molecule has 108 valence electrons. The summed E-state index contributed by atoms with van der Waals surface area (Å²) in [6, 6.07) is 4.51. The Morgan fingerprint density at radius 3 is 3.10 bits per heavy atom. The molecule has 5 nitrogen and oxygen atoms in total. The van der Waals surface area contributed by atoms with Crippen molar-refractivity contribution in [3.05, 3.63) is 24.2 Å². The predicted molar refractivity (Wildman–Crippen MR) is 78.9 cm³/mol. The first-order chi connectivity index (χ1) is 9.79. The van der Waals surface area contributed by atoms with E-state index in [4.69, 9.17) is 9.72 Å². The zero-order valence-corrected chi connectivity index (χ0v) is 12.2. The van der Waals surface area contributed by atoms with Crippen LogP contribution in [-0.2, 0) is 11.2 Å². The quantitative estimate of drug-likeness (QED) is 0.781. The highest BCUT2D eigenvalue weighted by molar-refractivity contribution is 5.71. The summed E-state index contributed by atoms with van der Waals surface area (Å²) < 4.78 is 7.51. The van der Waals surface area contributed by atoms with Gasteiger partial charge in [-0.2, -0.15) is 0 Å². The van der Waals surface area contributed by atoms with E-state index in [0.29, 0.717) is 6.04 Å². The van der Waals surface area contributed by atoms with Crippen LogP contribution in [0.1, 0.15) is 24.7 Å². The van der Waals surface area contributed by atoms with Gasteiger partial charge >= 0.3 is 0 Å². The van der Waals surface area contributed by atoms with Crippen LogP contribution in [0.4, 0.5) is 0 Å². The van der Waals surface area contributed by atoms with Gasteiger partial charge in [0.05, 0.1) is 6.04 Å². The van der Waals surface area contributed by atoms with Crippen molar-refractivity contribution in [2.24, 2.45) is 0 Å². The molecule has 1 aliphatic heterocycles. The number of hydrogen-bond donors (Lipinski definition) is 0. The molecule has 3 heterocycles. The van der Waals surface area contributed by atoms with E-state index in [1.165, 1.54) is 6.42 Å². The number of likely N-dealkylation sites (N-methyl/N-ethyl adjacent to an activating group) is 1. The van der Waals surface area contributed by atoms with Gasteiger partial charge in [-0.1, -0.05) is 0 Å². The molecule has 0 aliphatic carbocycles. The SMILES string of the molecule is COCCCc1nc2cccnc2n1C1CCN(C)C1. The Kier molecular flexibility index (Phi) is 3.98. The first-order valence-electron chi connectivity index (χ1n) is 7.29. The van der Waals surface area contributed by atoms with Gasteiger partial charge in [0.15, 0.2) is 5.65 Å². The normalized spacial score (nSPS) is 20.0. The first kappa shape index (κ1) is 13.5. The number of fused-ring (bicyclic) bond motifs is 1. The van der Waals surface area contributed by atoms with Gasteiger partial charge in [0.2, 0.25) is 0 Å². The van der Waals surface area contributed by atoms with Crippen molar-refractivity contribution in [1.29, 1.82) is 0 Å². The molecule has 5 heteroatoms. The molecule has 0 spiro atoms. The van der Waals surface area contributed by atoms with Crippen LogP contribution in [0.15, 0.2) is 18.3 Å². The molecule has 2 aromatic rings. The minimum absolute atomic E-state index is 0.498. The monoisotopic (exact) mass is 274 g/mol. The number of pyridine rings is 1. The number of hydrogen-bond acceptors (Lipinski definition) is 4. The Hall–Kier alpha value is -1.46. The van der Waals surface area contributed by atoms with Crippen LogP contribution >= 0.6 is 0 Å². The van der Waals surface area contributed by atoms with Crippen molar-refractivity contribution in [3.8, 4) is 0 Å². The van der Waals surface area contributed by atoms with E-state index in [-0.39, 0.29) is 0 Å². The van der Waals surface area contributed by atoms with Crippen LogP contribution in [0.3, 0.4) is 0 Å². The fourth-order valence-electron chi connectivity index (χ4n) is 3.03. The molecule has 0 aromatic carbocycles. The number of rotatable bonds is 5. The maximum atomic E-state index is 5.16. The number of aryl methyl sites for hydroxylation is 1. The molecule has 1 aliphatic rings. The smallest absolute Gasteiger partial charge is 0.160 e. The molecular weight excluding hydrogens is 252 g/mol. The van der Waals surface area contributed by atoms with Gasteiger partial charge in [0, 0.05) is 32.9 Å². The van der Waals surface area contributed by atoms with Crippen LogP contribution in [0.25, 0.3) is 11.2 Å². The lowest BCUT2D eigenvalue weighted by Gasteiger charge is -2.16. The molecule has 2 aromatic heterocycles. The lowest BCUT2D eigenvalue weighted by atomic mass is 10.2. The molecule has 0 radical (unpaired) electrons. The van der Waals surface area contributed by atoms with Gasteiger partial charge in [-0.25, -0.2) is 9.97 Å². The van der Waals surface area contributed by atoms with Gasteiger partial charge in [-0.15, -0.1) is 0 Å². The van der Waals surface area contributed by atoms with Crippen molar-refractivity contribution in [2.75, 3.05) is 33.9 Å². The second-order valence-electron chi connectivity index (χ2n) is 5.55. The molecular formula is C15H22N4O. The minimum Gasteiger partial charge on any atom is -0.385 e. The summed E-state index contributed by atoms with van der Waals surface area (Å²) in [6.45, 7) is 3.01. The highest BCUT2D eigenvalue weighted by Crippen LogP contribution is 2.27. The molecule has 0 saturated carbocycles. The van der Waals surface area contributed by atoms with E-state index < -0.39 is 0 Å². The Morgan fingerprint density at radius 1 is 1.45 bits per heavy atom. The van der Waals surface area contributed by atoms with Crippen LogP contribution in [-0.4, -0.2) is 53.3 Å². The summed E-state index contributed by atoms with van der Waals surface area (Å²) in [5.41, 5.74) is 2.04. The molecule has 0 N–H and O–H groups in total. The zero-order chi connectivity index (χ0) is 13.9. The Bertz CT molecular complexity index is 580. The van der Waals surface area contributed by atoms with Gasteiger partial charge in [0.25, 0.3) is 0 Å². The lowest BCUT2D eigenvalue weighted by Crippen LogP contribution is -2.18. The number of likely N-dealkylation sites (tertiary alicyclic amines) is 1. The first-order valence-corrected chi connectivity index (χ1v) is 7.29. The summed E-state index contributed by atoms with van der Waals surface area (Å²) in [5, 5.41) is 0. The van der Waals surface area contributed by atoms with Gasteiger partial charge in [-0.3, -0.25) is 0 Å². The molecule has 1 unspecified atom stereocenters. The summed E-state index contributed by atoms with van der Waals surface area (Å²) in [6.07, 6.45) is 4.99. The van der Waals surface area contributed by atoms with Crippen molar-refractivity contribution in [3.63, 3.8) is 0 Å². The third-order valence-corrected chi connectivity index (χ3v) is 4.00. The van der Waals surface area contributed by atoms with Gasteiger partial charge < -0.3 is 14.2 Å².